The number of rotatable bonds is 7. The molecule has 1 heterocycles. The van der Waals surface area contributed by atoms with Crippen LogP contribution in [0.15, 0.2) is 59.5 Å². The molecule has 1 aromatic carbocycles. The predicted octanol–water partition coefficient (Wildman–Crippen LogP) is 2.56. The van der Waals surface area contributed by atoms with Crippen molar-refractivity contribution in [2.45, 2.75) is 0 Å². The van der Waals surface area contributed by atoms with Crippen LogP contribution >= 0.6 is 0 Å². The van der Waals surface area contributed by atoms with Gasteiger partial charge in [-0.25, -0.2) is 4.79 Å². The number of hydrogen-bond donors (Lipinski definition) is 0. The number of amides is 1. The molecule has 0 aliphatic rings. The molecule has 1 amide bonds. The summed E-state index contributed by atoms with van der Waals surface area (Å²) in [5.41, 5.74) is 0.632. The van der Waals surface area contributed by atoms with Crippen molar-refractivity contribution in [3.63, 3.8) is 0 Å². The molecule has 124 valence electrons. The Morgan fingerprint density at radius 3 is 2.54 bits per heavy atom. The minimum Gasteiger partial charge on any atom is -0.450 e. The first-order chi connectivity index (χ1) is 11.5. The number of benzene rings is 1. The number of para-hydroxylation sites is 1. The van der Waals surface area contributed by atoms with E-state index in [4.69, 9.17) is 9.15 Å². The summed E-state index contributed by atoms with van der Waals surface area (Å²) in [6.07, 6.45) is 1.54. The van der Waals surface area contributed by atoms with Crippen molar-refractivity contribution >= 4 is 23.4 Å². The lowest BCUT2D eigenvalue weighted by molar-refractivity contribution is -0.402. The minimum absolute atomic E-state index is 0.243. The maximum absolute atomic E-state index is 12.2. The van der Waals surface area contributed by atoms with Crippen molar-refractivity contribution in [1.82, 2.24) is 0 Å². The first-order valence-corrected chi connectivity index (χ1v) is 6.90. The van der Waals surface area contributed by atoms with Crippen LogP contribution in [-0.4, -0.2) is 30.0 Å². The standard InChI is InChI=1S/C16H14N2O6/c1-2-10-17(12-6-4-3-5-7-12)14(19)11-23-16(20)13-8-9-15(24-13)18(21)22/h2-9H,1,10-11H2. The highest BCUT2D eigenvalue weighted by molar-refractivity contribution is 5.96. The summed E-state index contributed by atoms with van der Waals surface area (Å²) in [5.74, 6) is -2.34. The molecule has 24 heavy (non-hydrogen) atoms. The van der Waals surface area contributed by atoms with Gasteiger partial charge < -0.3 is 14.1 Å². The smallest absolute Gasteiger partial charge is 0.433 e. The van der Waals surface area contributed by atoms with Crippen molar-refractivity contribution in [3.8, 4) is 0 Å². The molecule has 0 N–H and O–H groups in total. The summed E-state index contributed by atoms with van der Waals surface area (Å²) in [5, 5.41) is 10.5. The Bertz CT molecular complexity index is 753. The van der Waals surface area contributed by atoms with E-state index in [0.717, 1.165) is 12.1 Å². The maximum Gasteiger partial charge on any atom is 0.433 e. The molecule has 0 saturated heterocycles. The quantitative estimate of drug-likeness (QED) is 0.334. The van der Waals surface area contributed by atoms with Crippen molar-refractivity contribution in [1.29, 1.82) is 0 Å². The maximum atomic E-state index is 12.2. The fourth-order valence-corrected chi connectivity index (χ4v) is 1.90. The van der Waals surface area contributed by atoms with Crippen LogP contribution in [0.2, 0.25) is 0 Å². The molecule has 2 rings (SSSR count). The van der Waals surface area contributed by atoms with Crippen LogP contribution in [-0.2, 0) is 9.53 Å². The minimum atomic E-state index is -0.955. The van der Waals surface area contributed by atoms with E-state index in [1.165, 1.54) is 4.90 Å². The van der Waals surface area contributed by atoms with Gasteiger partial charge >= 0.3 is 11.9 Å². The Kier molecular flexibility index (Phi) is 5.45. The van der Waals surface area contributed by atoms with Crippen molar-refractivity contribution in [2.75, 3.05) is 18.1 Å². The molecular formula is C16H14N2O6. The third kappa shape index (κ3) is 4.07. The number of furan rings is 1. The zero-order chi connectivity index (χ0) is 17.5. The highest BCUT2D eigenvalue weighted by Crippen LogP contribution is 2.17. The van der Waals surface area contributed by atoms with Crippen LogP contribution < -0.4 is 4.90 Å². The Morgan fingerprint density at radius 1 is 1.25 bits per heavy atom. The summed E-state index contributed by atoms with van der Waals surface area (Å²) in [4.78, 5) is 35.1. The molecule has 0 unspecified atom stereocenters. The molecule has 0 spiro atoms. The topological polar surface area (TPSA) is 103 Å². The number of nitro groups is 1. The molecule has 0 atom stereocenters. The monoisotopic (exact) mass is 330 g/mol. The van der Waals surface area contributed by atoms with Gasteiger partial charge in [-0.3, -0.25) is 14.9 Å². The Hall–Kier alpha value is -3.42. The van der Waals surface area contributed by atoms with E-state index in [-0.39, 0.29) is 12.3 Å². The molecule has 2 aromatic rings. The SMILES string of the molecule is C=CCN(C(=O)COC(=O)c1ccc([N+](=O)[O-])o1)c1ccccc1. The van der Waals surface area contributed by atoms with E-state index in [1.807, 2.05) is 6.07 Å². The van der Waals surface area contributed by atoms with Crippen molar-refractivity contribution in [3.05, 3.63) is 71.0 Å². The van der Waals surface area contributed by atoms with E-state index in [9.17, 15) is 19.7 Å². The molecule has 0 bridgehead atoms. The molecule has 1 aromatic heterocycles. The number of hydrogen-bond acceptors (Lipinski definition) is 6. The van der Waals surface area contributed by atoms with Crippen molar-refractivity contribution < 1.29 is 23.7 Å². The van der Waals surface area contributed by atoms with Gasteiger partial charge in [0, 0.05) is 12.2 Å². The number of esters is 1. The normalized spacial score (nSPS) is 10.0. The first kappa shape index (κ1) is 16.9. The average Bonchev–Trinajstić information content (AvgIpc) is 3.08. The van der Waals surface area contributed by atoms with E-state index < -0.39 is 29.3 Å². The van der Waals surface area contributed by atoms with Gasteiger partial charge in [0.25, 0.3) is 5.91 Å². The second kappa shape index (κ2) is 7.73. The van der Waals surface area contributed by atoms with Crippen LogP contribution in [0.25, 0.3) is 0 Å². The van der Waals surface area contributed by atoms with Crippen LogP contribution in [0.5, 0.6) is 0 Å². The molecule has 0 saturated carbocycles. The third-order valence-electron chi connectivity index (χ3n) is 2.98. The van der Waals surface area contributed by atoms with Gasteiger partial charge in [0.15, 0.2) is 6.61 Å². The molecule has 8 nitrogen and oxygen atoms in total. The molecule has 0 aliphatic heterocycles. The van der Waals surface area contributed by atoms with E-state index in [1.54, 1.807) is 30.3 Å². The van der Waals surface area contributed by atoms with Crippen LogP contribution in [0.3, 0.4) is 0 Å². The number of carbonyl (C=O) groups is 2. The number of nitrogens with zero attached hydrogens (tertiary/aromatic N) is 2. The van der Waals surface area contributed by atoms with E-state index in [0.29, 0.717) is 5.69 Å². The van der Waals surface area contributed by atoms with E-state index >= 15 is 0 Å². The summed E-state index contributed by atoms with van der Waals surface area (Å²) in [6, 6.07) is 11.0. The predicted molar refractivity (Wildman–Crippen MR) is 84.6 cm³/mol. The van der Waals surface area contributed by atoms with Gasteiger partial charge in [-0.15, -0.1) is 6.58 Å². The highest BCUT2D eigenvalue weighted by Gasteiger charge is 2.21. The molecule has 0 aliphatic carbocycles. The number of anilines is 1. The van der Waals surface area contributed by atoms with Crippen molar-refractivity contribution in [2.24, 2.45) is 0 Å². The van der Waals surface area contributed by atoms with Gasteiger partial charge in [0.1, 0.15) is 4.92 Å². The van der Waals surface area contributed by atoms with Crippen LogP contribution in [0.4, 0.5) is 11.6 Å². The number of ether oxygens (including phenoxy) is 1. The second-order valence-electron chi connectivity index (χ2n) is 4.60. The Labute approximate surface area is 137 Å². The highest BCUT2D eigenvalue weighted by atomic mass is 16.7. The molecular weight excluding hydrogens is 316 g/mol. The molecule has 8 heteroatoms. The first-order valence-electron chi connectivity index (χ1n) is 6.90. The summed E-state index contributed by atoms with van der Waals surface area (Å²) < 4.78 is 9.57. The summed E-state index contributed by atoms with van der Waals surface area (Å²) in [6.45, 7) is 3.30. The number of carbonyl (C=O) groups excluding carboxylic acids is 2. The van der Waals surface area contributed by atoms with Gasteiger partial charge in [0.05, 0.1) is 6.07 Å². The summed E-state index contributed by atoms with van der Waals surface area (Å²) in [7, 11) is 0. The van der Waals surface area contributed by atoms with Gasteiger partial charge in [-0.2, -0.15) is 0 Å². The Morgan fingerprint density at radius 2 is 1.96 bits per heavy atom. The lowest BCUT2D eigenvalue weighted by Gasteiger charge is -2.20. The van der Waals surface area contributed by atoms with Crippen LogP contribution in [0, 0.1) is 10.1 Å². The van der Waals surface area contributed by atoms with E-state index in [2.05, 4.69) is 6.58 Å². The third-order valence-corrected chi connectivity index (χ3v) is 2.98. The van der Waals surface area contributed by atoms with Gasteiger partial charge in [-0.1, -0.05) is 24.3 Å². The van der Waals surface area contributed by atoms with Gasteiger partial charge in [-0.05, 0) is 18.2 Å². The fraction of sp³-hybridized carbons (Fsp3) is 0.125. The fourth-order valence-electron chi connectivity index (χ4n) is 1.90. The Balaban J connectivity index is 2.00. The lowest BCUT2D eigenvalue weighted by Crippen LogP contribution is -2.34. The molecule has 0 fully saturated rings. The van der Waals surface area contributed by atoms with Gasteiger partial charge in [0.2, 0.25) is 5.76 Å². The second-order valence-corrected chi connectivity index (χ2v) is 4.60. The van der Waals surface area contributed by atoms with Crippen LogP contribution in [0.1, 0.15) is 10.6 Å². The summed E-state index contributed by atoms with van der Waals surface area (Å²) >= 11 is 0. The zero-order valence-corrected chi connectivity index (χ0v) is 12.6. The largest absolute Gasteiger partial charge is 0.450 e. The average molecular weight is 330 g/mol. The lowest BCUT2D eigenvalue weighted by atomic mass is 10.3. The zero-order valence-electron chi connectivity index (χ0n) is 12.6. The molecule has 0 radical (unpaired) electrons.